The molecule has 3 rings (SSSR count). The lowest BCUT2D eigenvalue weighted by atomic mass is 10.1. The van der Waals surface area contributed by atoms with E-state index in [-0.39, 0.29) is 11.3 Å². The molecule has 0 saturated carbocycles. The summed E-state index contributed by atoms with van der Waals surface area (Å²) in [6.07, 6.45) is 3.13. The number of ketones is 1. The monoisotopic (exact) mass is 362 g/mol. The zero-order chi connectivity index (χ0) is 18.5. The van der Waals surface area contributed by atoms with Crippen LogP contribution in [0.4, 0.5) is 0 Å². The molecule has 1 heterocycles. The number of nitrogens with zero attached hydrogens (tertiary/aromatic N) is 1. The van der Waals surface area contributed by atoms with Crippen molar-refractivity contribution >= 4 is 29.3 Å². The smallest absolute Gasteiger partial charge is 0.266 e. The Balaban J connectivity index is 1.92. The van der Waals surface area contributed by atoms with Gasteiger partial charge in [0, 0.05) is 11.6 Å². The summed E-state index contributed by atoms with van der Waals surface area (Å²) in [7, 11) is 1.56. The van der Waals surface area contributed by atoms with Gasteiger partial charge >= 0.3 is 0 Å². The highest BCUT2D eigenvalue weighted by atomic mass is 32.1. The van der Waals surface area contributed by atoms with Gasteiger partial charge < -0.3 is 9.72 Å². The Labute approximate surface area is 153 Å². The summed E-state index contributed by atoms with van der Waals surface area (Å²) in [5, 5.41) is 8.82. The average molecular weight is 362 g/mol. The van der Waals surface area contributed by atoms with Gasteiger partial charge in [0.25, 0.3) is 5.56 Å². The lowest BCUT2D eigenvalue weighted by molar-refractivity contribution is 0.106. The summed E-state index contributed by atoms with van der Waals surface area (Å²) < 4.78 is 6.04. The summed E-state index contributed by atoms with van der Waals surface area (Å²) in [6.45, 7) is 0. The predicted molar refractivity (Wildman–Crippen MR) is 101 cm³/mol. The van der Waals surface area contributed by atoms with E-state index >= 15 is 0 Å². The second-order valence-corrected chi connectivity index (χ2v) is 6.48. The Morgan fingerprint density at radius 3 is 2.46 bits per heavy atom. The molecule has 2 aromatic carbocycles. The highest BCUT2D eigenvalue weighted by molar-refractivity contribution is 7.07. The van der Waals surface area contributed by atoms with Crippen molar-refractivity contribution in [2.75, 3.05) is 7.11 Å². The lowest BCUT2D eigenvalue weighted by Gasteiger charge is -1.99. The van der Waals surface area contributed by atoms with Crippen molar-refractivity contribution in [2.45, 2.75) is 0 Å². The lowest BCUT2D eigenvalue weighted by Crippen LogP contribution is -2.20. The van der Waals surface area contributed by atoms with Crippen molar-refractivity contribution in [3.05, 3.63) is 84.8 Å². The average Bonchev–Trinajstić information content (AvgIpc) is 3.01. The van der Waals surface area contributed by atoms with Gasteiger partial charge in [-0.3, -0.25) is 9.59 Å². The molecule has 26 heavy (non-hydrogen) atoms. The van der Waals surface area contributed by atoms with Crippen molar-refractivity contribution in [1.29, 1.82) is 5.26 Å². The molecule has 128 valence electrons. The maximum atomic E-state index is 12.3. The van der Waals surface area contributed by atoms with E-state index in [0.29, 0.717) is 26.1 Å². The van der Waals surface area contributed by atoms with Gasteiger partial charge in [0.15, 0.2) is 5.78 Å². The number of aromatic nitrogens is 1. The second kappa shape index (κ2) is 7.64. The molecule has 5 nitrogen and oxygen atoms in total. The minimum Gasteiger partial charge on any atom is -0.497 e. The Bertz CT molecular complexity index is 1150. The molecule has 0 aliphatic rings. The Kier molecular flexibility index (Phi) is 5.11. The standard InChI is InChI=1S/C20H14N2O3S/c1-25-16-8-6-15(7-9-16)17(23)11-19-22-20(24)18(26-19)10-13-2-4-14(12-21)5-3-13/h2-11H,1H3,(H,22,24)/b18-10-,19-11-. The number of thiazole rings is 1. The molecule has 0 aliphatic carbocycles. The number of rotatable bonds is 4. The number of nitriles is 1. The first-order valence-corrected chi connectivity index (χ1v) is 8.52. The van der Waals surface area contributed by atoms with Crippen LogP contribution in [0.1, 0.15) is 21.5 Å². The van der Waals surface area contributed by atoms with Crippen LogP contribution < -0.4 is 19.5 Å². The molecular formula is C20H14N2O3S. The predicted octanol–water partition coefficient (Wildman–Crippen LogP) is 1.81. The van der Waals surface area contributed by atoms with Crippen LogP contribution in [0.25, 0.3) is 12.2 Å². The van der Waals surface area contributed by atoms with Gasteiger partial charge in [-0.1, -0.05) is 12.1 Å². The number of ether oxygens (including phenoxy) is 1. The zero-order valence-corrected chi connectivity index (χ0v) is 14.7. The van der Waals surface area contributed by atoms with E-state index in [9.17, 15) is 9.59 Å². The van der Waals surface area contributed by atoms with E-state index in [1.54, 1.807) is 61.7 Å². The third-order valence-corrected chi connectivity index (χ3v) is 4.62. The van der Waals surface area contributed by atoms with Crippen molar-refractivity contribution in [1.82, 2.24) is 4.98 Å². The van der Waals surface area contributed by atoms with Gasteiger partial charge in [-0.25, -0.2) is 0 Å². The quantitative estimate of drug-likeness (QED) is 0.718. The van der Waals surface area contributed by atoms with Crippen LogP contribution in [0.5, 0.6) is 5.75 Å². The number of carbonyl (C=O) groups excluding carboxylic acids is 1. The first-order chi connectivity index (χ1) is 12.6. The molecule has 3 aromatic rings. The Morgan fingerprint density at radius 1 is 1.15 bits per heavy atom. The van der Waals surface area contributed by atoms with Crippen LogP contribution in [0, 0.1) is 11.3 Å². The van der Waals surface area contributed by atoms with Gasteiger partial charge in [-0.05, 0) is 48.0 Å². The molecule has 0 bridgehead atoms. The molecule has 1 aromatic heterocycles. The summed E-state index contributed by atoms with van der Waals surface area (Å²) in [5.41, 5.74) is 1.62. The topological polar surface area (TPSA) is 83.0 Å². The molecule has 0 atom stereocenters. The number of H-pyrrole nitrogens is 1. The SMILES string of the molecule is COc1ccc(C(=O)/C=c2/[nH]c(=O)/c(=C/c3ccc(C#N)cc3)s2)cc1. The van der Waals surface area contributed by atoms with E-state index in [1.807, 2.05) is 6.07 Å². The second-order valence-electron chi connectivity index (χ2n) is 5.40. The largest absolute Gasteiger partial charge is 0.497 e. The molecule has 0 saturated heterocycles. The molecule has 0 fully saturated rings. The number of Topliss-reactive ketones (excluding diaryl/α,β-unsaturated/α-hetero) is 1. The number of methoxy groups -OCH3 is 1. The van der Waals surface area contributed by atoms with Gasteiger partial charge in [-0.2, -0.15) is 5.26 Å². The molecular weight excluding hydrogens is 348 g/mol. The molecule has 0 amide bonds. The fourth-order valence-corrected chi connectivity index (χ4v) is 3.17. The molecule has 1 N–H and O–H groups in total. The Morgan fingerprint density at radius 2 is 1.85 bits per heavy atom. The number of carbonyl (C=O) groups is 1. The molecule has 0 aliphatic heterocycles. The summed E-state index contributed by atoms with van der Waals surface area (Å²) >= 11 is 1.21. The van der Waals surface area contributed by atoms with Crippen molar-refractivity contribution in [3.63, 3.8) is 0 Å². The minimum atomic E-state index is -0.256. The van der Waals surface area contributed by atoms with E-state index in [1.165, 1.54) is 17.4 Å². The fraction of sp³-hybridized carbons (Fsp3) is 0.0500. The van der Waals surface area contributed by atoms with Crippen LogP contribution in [0.2, 0.25) is 0 Å². The van der Waals surface area contributed by atoms with Crippen molar-refractivity contribution in [2.24, 2.45) is 0 Å². The number of hydrogen-bond acceptors (Lipinski definition) is 5. The minimum absolute atomic E-state index is 0.199. The first-order valence-electron chi connectivity index (χ1n) is 7.70. The number of hydrogen-bond donors (Lipinski definition) is 1. The van der Waals surface area contributed by atoms with Gasteiger partial charge in [-0.15, -0.1) is 11.3 Å². The highest BCUT2D eigenvalue weighted by Gasteiger charge is 2.04. The normalized spacial score (nSPS) is 12.0. The maximum Gasteiger partial charge on any atom is 0.266 e. The van der Waals surface area contributed by atoms with E-state index in [2.05, 4.69) is 4.98 Å². The number of nitrogens with one attached hydrogen (secondary N) is 1. The van der Waals surface area contributed by atoms with E-state index < -0.39 is 0 Å². The van der Waals surface area contributed by atoms with E-state index in [4.69, 9.17) is 10.00 Å². The van der Waals surface area contributed by atoms with Crippen molar-refractivity contribution in [3.8, 4) is 11.8 Å². The highest BCUT2D eigenvalue weighted by Crippen LogP contribution is 2.12. The van der Waals surface area contributed by atoms with Crippen LogP contribution >= 0.6 is 11.3 Å². The van der Waals surface area contributed by atoms with Gasteiger partial charge in [0.05, 0.1) is 27.9 Å². The third kappa shape index (κ3) is 3.97. The van der Waals surface area contributed by atoms with Gasteiger partial charge in [0.1, 0.15) is 5.75 Å². The number of benzene rings is 2. The third-order valence-electron chi connectivity index (χ3n) is 3.65. The molecule has 0 spiro atoms. The van der Waals surface area contributed by atoms with Crippen LogP contribution in [0.3, 0.4) is 0 Å². The van der Waals surface area contributed by atoms with Crippen LogP contribution in [-0.4, -0.2) is 17.9 Å². The first kappa shape index (κ1) is 17.4. The van der Waals surface area contributed by atoms with Gasteiger partial charge in [0.2, 0.25) is 0 Å². The fourth-order valence-electron chi connectivity index (χ4n) is 2.29. The number of aromatic amines is 1. The maximum absolute atomic E-state index is 12.3. The van der Waals surface area contributed by atoms with Crippen LogP contribution in [0.15, 0.2) is 53.3 Å². The zero-order valence-electron chi connectivity index (χ0n) is 13.9. The van der Waals surface area contributed by atoms with E-state index in [0.717, 1.165) is 5.56 Å². The molecule has 0 radical (unpaired) electrons. The summed E-state index contributed by atoms with van der Waals surface area (Å²) in [6, 6.07) is 15.7. The molecule has 0 unspecified atom stereocenters. The summed E-state index contributed by atoms with van der Waals surface area (Å²) in [4.78, 5) is 27.1. The molecule has 6 heteroatoms. The summed E-state index contributed by atoms with van der Waals surface area (Å²) in [5.74, 6) is 0.473. The van der Waals surface area contributed by atoms with Crippen molar-refractivity contribution < 1.29 is 9.53 Å². The van der Waals surface area contributed by atoms with Crippen LogP contribution in [-0.2, 0) is 0 Å². The Hall–Kier alpha value is -3.43.